The minimum Gasteiger partial charge on any atom is -0.465 e. The zero-order valence-electron chi connectivity index (χ0n) is 14.9. The molecule has 1 heterocycles. The van der Waals surface area contributed by atoms with Crippen LogP contribution in [0.25, 0.3) is 0 Å². The molecule has 0 atom stereocenters. The topological polar surface area (TPSA) is 114 Å². The van der Waals surface area contributed by atoms with Gasteiger partial charge in [-0.25, -0.2) is 18.2 Å². The lowest BCUT2D eigenvalue weighted by Gasteiger charge is -2.12. The fourth-order valence-corrected chi connectivity index (χ4v) is 4.21. The van der Waals surface area contributed by atoms with Crippen LogP contribution in [0, 0.1) is 0 Å². The molecule has 0 radical (unpaired) electrons. The second-order valence-corrected chi connectivity index (χ2v) is 8.73. The van der Waals surface area contributed by atoms with Crippen LogP contribution in [-0.4, -0.2) is 32.4 Å². The molecule has 11 heteroatoms. The number of amides is 1. The molecular weight excluding hydrogens is 438 g/mol. The standard InChI is InChI=1S/C18H14ClN3O5S2/c1-27-17(24)15-10-20-18(28-15)21-16(23)13-4-2-3-5-14(13)22-29(25,26)12-8-6-11(19)7-9-12/h2-10,22H,1H3,(H,20,21,23). The van der Waals surface area contributed by atoms with Crippen molar-refractivity contribution in [1.29, 1.82) is 0 Å². The number of thiazole rings is 1. The molecule has 2 aromatic carbocycles. The lowest BCUT2D eigenvalue weighted by atomic mass is 10.2. The van der Waals surface area contributed by atoms with E-state index in [4.69, 9.17) is 11.6 Å². The number of benzene rings is 2. The number of hydrogen-bond acceptors (Lipinski definition) is 7. The number of anilines is 2. The van der Waals surface area contributed by atoms with Gasteiger partial charge in [0.05, 0.1) is 29.5 Å². The van der Waals surface area contributed by atoms with Gasteiger partial charge in [-0.1, -0.05) is 35.1 Å². The van der Waals surface area contributed by atoms with Gasteiger partial charge in [-0.3, -0.25) is 14.8 Å². The van der Waals surface area contributed by atoms with E-state index in [0.717, 1.165) is 11.3 Å². The molecule has 0 aliphatic rings. The SMILES string of the molecule is COC(=O)c1cnc(NC(=O)c2ccccc2NS(=O)(=O)c2ccc(Cl)cc2)s1. The van der Waals surface area contributed by atoms with Crippen LogP contribution in [0.3, 0.4) is 0 Å². The predicted molar refractivity (Wildman–Crippen MR) is 110 cm³/mol. The first-order valence-corrected chi connectivity index (χ1v) is 10.7. The Bertz CT molecular complexity index is 1160. The Hall–Kier alpha value is -2.95. The summed E-state index contributed by atoms with van der Waals surface area (Å²) in [5, 5.41) is 3.11. The molecule has 3 aromatic rings. The third-order valence-electron chi connectivity index (χ3n) is 3.65. The number of para-hydroxylation sites is 1. The lowest BCUT2D eigenvalue weighted by Crippen LogP contribution is -2.18. The number of carbonyl (C=O) groups is 2. The van der Waals surface area contributed by atoms with Crippen molar-refractivity contribution in [2.24, 2.45) is 0 Å². The van der Waals surface area contributed by atoms with Crippen molar-refractivity contribution in [1.82, 2.24) is 4.98 Å². The average Bonchev–Trinajstić information content (AvgIpc) is 3.16. The Morgan fingerprint density at radius 2 is 1.79 bits per heavy atom. The molecule has 150 valence electrons. The highest BCUT2D eigenvalue weighted by molar-refractivity contribution is 7.92. The maximum atomic E-state index is 12.6. The maximum Gasteiger partial charge on any atom is 0.349 e. The summed E-state index contributed by atoms with van der Waals surface area (Å²) in [5.74, 6) is -1.16. The molecule has 1 amide bonds. The van der Waals surface area contributed by atoms with Crippen molar-refractivity contribution in [2.75, 3.05) is 17.1 Å². The third-order valence-corrected chi connectivity index (χ3v) is 6.18. The monoisotopic (exact) mass is 451 g/mol. The van der Waals surface area contributed by atoms with E-state index < -0.39 is 21.9 Å². The van der Waals surface area contributed by atoms with Crippen LogP contribution in [0.5, 0.6) is 0 Å². The fraction of sp³-hybridized carbons (Fsp3) is 0.0556. The molecule has 0 spiro atoms. The van der Waals surface area contributed by atoms with E-state index in [1.54, 1.807) is 12.1 Å². The predicted octanol–water partition coefficient (Wildman–Crippen LogP) is 3.64. The number of ether oxygens (including phenoxy) is 1. The number of carbonyl (C=O) groups excluding carboxylic acids is 2. The molecule has 0 saturated heterocycles. The normalized spacial score (nSPS) is 11.0. The minimum absolute atomic E-state index is 0.000227. The van der Waals surface area contributed by atoms with Gasteiger partial charge in [0, 0.05) is 5.02 Å². The summed E-state index contributed by atoms with van der Waals surface area (Å²) in [6, 6.07) is 11.7. The first-order valence-electron chi connectivity index (χ1n) is 8.03. The largest absolute Gasteiger partial charge is 0.465 e. The molecule has 0 fully saturated rings. The molecule has 0 aliphatic heterocycles. The van der Waals surface area contributed by atoms with Gasteiger partial charge < -0.3 is 4.74 Å². The maximum absolute atomic E-state index is 12.6. The quantitative estimate of drug-likeness (QED) is 0.553. The van der Waals surface area contributed by atoms with Gasteiger partial charge in [0.2, 0.25) is 0 Å². The van der Waals surface area contributed by atoms with Crippen LogP contribution >= 0.6 is 22.9 Å². The van der Waals surface area contributed by atoms with Gasteiger partial charge >= 0.3 is 5.97 Å². The number of halogens is 1. The number of nitrogens with one attached hydrogen (secondary N) is 2. The summed E-state index contributed by atoms with van der Waals surface area (Å²) < 4.78 is 32.2. The van der Waals surface area contributed by atoms with Crippen LogP contribution in [0.1, 0.15) is 20.0 Å². The van der Waals surface area contributed by atoms with Crippen molar-refractivity contribution in [3.63, 3.8) is 0 Å². The van der Waals surface area contributed by atoms with E-state index in [1.807, 2.05) is 0 Å². The van der Waals surface area contributed by atoms with Gasteiger partial charge in [0.15, 0.2) is 5.13 Å². The number of aromatic nitrogens is 1. The molecule has 0 aliphatic carbocycles. The van der Waals surface area contributed by atoms with Crippen LogP contribution < -0.4 is 10.0 Å². The molecule has 0 bridgehead atoms. The highest BCUT2D eigenvalue weighted by Crippen LogP contribution is 2.24. The Kier molecular flexibility index (Phi) is 6.16. The van der Waals surface area contributed by atoms with Crippen molar-refractivity contribution in [2.45, 2.75) is 4.90 Å². The van der Waals surface area contributed by atoms with Crippen LogP contribution in [0.4, 0.5) is 10.8 Å². The van der Waals surface area contributed by atoms with Crippen molar-refractivity contribution < 1.29 is 22.7 Å². The first kappa shape index (κ1) is 20.8. The van der Waals surface area contributed by atoms with E-state index in [9.17, 15) is 18.0 Å². The number of esters is 1. The zero-order valence-corrected chi connectivity index (χ0v) is 17.3. The van der Waals surface area contributed by atoms with Gasteiger partial charge in [-0.05, 0) is 36.4 Å². The fourth-order valence-electron chi connectivity index (χ4n) is 2.28. The molecule has 29 heavy (non-hydrogen) atoms. The van der Waals surface area contributed by atoms with E-state index in [-0.39, 0.29) is 26.2 Å². The van der Waals surface area contributed by atoms with E-state index >= 15 is 0 Å². The zero-order chi connectivity index (χ0) is 21.0. The van der Waals surface area contributed by atoms with Crippen molar-refractivity contribution in [3.05, 3.63) is 70.2 Å². The van der Waals surface area contributed by atoms with Gasteiger partial charge in [0.1, 0.15) is 4.88 Å². The van der Waals surface area contributed by atoms with Gasteiger partial charge in [-0.15, -0.1) is 0 Å². The van der Waals surface area contributed by atoms with Gasteiger partial charge in [0.25, 0.3) is 15.9 Å². The van der Waals surface area contributed by atoms with Crippen molar-refractivity contribution >= 4 is 55.7 Å². The summed E-state index contributed by atoms with van der Waals surface area (Å²) in [6.07, 6.45) is 1.28. The molecule has 1 aromatic heterocycles. The van der Waals surface area contributed by atoms with E-state index in [2.05, 4.69) is 19.8 Å². The van der Waals surface area contributed by atoms with Crippen LogP contribution in [-0.2, 0) is 14.8 Å². The Morgan fingerprint density at radius 3 is 2.48 bits per heavy atom. The summed E-state index contributed by atoms with van der Waals surface area (Å²) >= 11 is 6.73. The first-order chi connectivity index (χ1) is 13.8. The molecule has 0 unspecified atom stereocenters. The summed E-state index contributed by atoms with van der Waals surface area (Å²) in [7, 11) is -2.69. The molecule has 3 rings (SSSR count). The van der Waals surface area contributed by atoms with E-state index in [1.165, 1.54) is 49.7 Å². The average molecular weight is 452 g/mol. The second-order valence-electron chi connectivity index (χ2n) is 5.58. The molecular formula is C18H14ClN3O5S2. The highest BCUT2D eigenvalue weighted by atomic mass is 35.5. The number of nitrogens with zero attached hydrogens (tertiary/aromatic N) is 1. The van der Waals surface area contributed by atoms with E-state index in [0.29, 0.717) is 5.02 Å². The van der Waals surface area contributed by atoms with Crippen molar-refractivity contribution in [3.8, 4) is 0 Å². The lowest BCUT2D eigenvalue weighted by molar-refractivity contribution is 0.0606. The summed E-state index contributed by atoms with van der Waals surface area (Å²) in [4.78, 5) is 28.3. The Balaban J connectivity index is 1.83. The second kappa shape index (κ2) is 8.60. The molecule has 0 saturated carbocycles. The summed E-state index contributed by atoms with van der Waals surface area (Å²) in [5.41, 5.74) is 0.171. The number of hydrogen-bond donors (Lipinski definition) is 2. The number of sulfonamides is 1. The molecule has 8 nitrogen and oxygen atoms in total. The third kappa shape index (κ3) is 4.91. The smallest absolute Gasteiger partial charge is 0.349 e. The Labute approximate surface area is 175 Å². The van der Waals surface area contributed by atoms with Crippen LogP contribution in [0.2, 0.25) is 5.02 Å². The number of methoxy groups -OCH3 is 1. The van der Waals surface area contributed by atoms with Crippen LogP contribution in [0.15, 0.2) is 59.6 Å². The Morgan fingerprint density at radius 1 is 1.10 bits per heavy atom. The number of rotatable bonds is 6. The van der Waals surface area contributed by atoms with Gasteiger partial charge in [-0.2, -0.15) is 0 Å². The summed E-state index contributed by atoms with van der Waals surface area (Å²) in [6.45, 7) is 0. The minimum atomic E-state index is -3.93. The highest BCUT2D eigenvalue weighted by Gasteiger charge is 2.20. The molecule has 2 N–H and O–H groups in total.